The molecule has 1 aliphatic heterocycles. The van der Waals surface area contributed by atoms with Crippen LogP contribution in [0.1, 0.15) is 22.6 Å². The molecule has 0 radical (unpaired) electrons. The highest BCUT2D eigenvalue weighted by Crippen LogP contribution is 2.45. The van der Waals surface area contributed by atoms with Crippen molar-refractivity contribution in [1.82, 2.24) is 4.57 Å². The van der Waals surface area contributed by atoms with Gasteiger partial charge in [-0.05, 0) is 47.0 Å². The molecule has 0 N–H and O–H groups in total. The third kappa shape index (κ3) is 4.33. The fraction of sp³-hybridized carbons (Fsp3) is 0.212. The van der Waals surface area contributed by atoms with Crippen LogP contribution in [0.2, 0.25) is 0 Å². The molecule has 4 heteroatoms. The van der Waals surface area contributed by atoms with E-state index in [4.69, 9.17) is 9.47 Å². The molecule has 4 aromatic carbocycles. The summed E-state index contributed by atoms with van der Waals surface area (Å²) in [6.45, 7) is 2.71. The van der Waals surface area contributed by atoms with Crippen LogP contribution in [-0.4, -0.2) is 38.5 Å². The molecular formula is C33H32N2O2. The first-order valence-electron chi connectivity index (χ1n) is 12.9. The van der Waals surface area contributed by atoms with Crippen LogP contribution in [0.5, 0.6) is 0 Å². The first kappa shape index (κ1) is 23.5. The van der Waals surface area contributed by atoms with Gasteiger partial charge in [-0.3, -0.25) is 0 Å². The van der Waals surface area contributed by atoms with Gasteiger partial charge in [0, 0.05) is 59.8 Å². The largest absolute Gasteiger partial charge is 0.382 e. The van der Waals surface area contributed by atoms with Gasteiger partial charge in [-0.15, -0.1) is 0 Å². The molecule has 0 bridgehead atoms. The maximum Gasteiger partial charge on any atom is 0.0701 e. The number of aromatic nitrogens is 1. The number of hydrogen-bond donors (Lipinski definition) is 0. The van der Waals surface area contributed by atoms with Crippen molar-refractivity contribution in [2.45, 2.75) is 12.5 Å². The molecule has 1 aromatic heterocycles. The van der Waals surface area contributed by atoms with Gasteiger partial charge in [-0.25, -0.2) is 0 Å². The third-order valence-electron chi connectivity index (χ3n) is 7.43. The smallest absolute Gasteiger partial charge is 0.0701 e. The van der Waals surface area contributed by atoms with E-state index in [0.717, 1.165) is 6.54 Å². The predicted molar refractivity (Wildman–Crippen MR) is 154 cm³/mol. The summed E-state index contributed by atoms with van der Waals surface area (Å²) in [5, 5.41) is 2.55. The average Bonchev–Trinajstić information content (AvgIpc) is 3.26. The fourth-order valence-electron chi connectivity index (χ4n) is 5.64. The van der Waals surface area contributed by atoms with Gasteiger partial charge in [0.15, 0.2) is 0 Å². The molecule has 0 atom stereocenters. The average molecular weight is 489 g/mol. The Hall–Kier alpha value is -3.86. The summed E-state index contributed by atoms with van der Waals surface area (Å²) >= 11 is 0. The van der Waals surface area contributed by atoms with Crippen LogP contribution in [0.25, 0.3) is 27.9 Å². The summed E-state index contributed by atoms with van der Waals surface area (Å²) in [5.74, 6) is 0.213. The molecular weight excluding hydrogens is 456 g/mol. The molecule has 0 unspecified atom stereocenters. The van der Waals surface area contributed by atoms with E-state index in [1.165, 1.54) is 49.9 Å². The Kier molecular flexibility index (Phi) is 6.52. The lowest BCUT2D eigenvalue weighted by molar-refractivity contribution is 0.0673. The highest BCUT2D eigenvalue weighted by molar-refractivity contribution is 6.08. The molecule has 6 rings (SSSR count). The lowest BCUT2D eigenvalue weighted by Crippen LogP contribution is -2.20. The van der Waals surface area contributed by atoms with Crippen molar-refractivity contribution < 1.29 is 9.47 Å². The first-order valence-corrected chi connectivity index (χ1v) is 12.9. The van der Waals surface area contributed by atoms with E-state index < -0.39 is 0 Å². The highest BCUT2D eigenvalue weighted by Gasteiger charge is 2.26. The second kappa shape index (κ2) is 10.3. The summed E-state index contributed by atoms with van der Waals surface area (Å²) in [7, 11) is 3.86. The van der Waals surface area contributed by atoms with Crippen molar-refractivity contribution in [3.05, 3.63) is 114 Å². The van der Waals surface area contributed by atoms with Crippen molar-refractivity contribution in [3.63, 3.8) is 0 Å². The van der Waals surface area contributed by atoms with Gasteiger partial charge < -0.3 is 18.9 Å². The minimum atomic E-state index is 0.213. The minimum absolute atomic E-state index is 0.213. The Morgan fingerprint density at radius 1 is 0.730 bits per heavy atom. The molecule has 0 saturated heterocycles. The van der Waals surface area contributed by atoms with E-state index in [1.54, 1.807) is 7.11 Å². The maximum atomic E-state index is 5.78. The Bertz CT molecular complexity index is 1530. The van der Waals surface area contributed by atoms with Gasteiger partial charge in [0.25, 0.3) is 0 Å². The number of benzene rings is 4. The summed E-state index contributed by atoms with van der Waals surface area (Å²) < 4.78 is 13.3. The maximum absolute atomic E-state index is 5.78. The summed E-state index contributed by atoms with van der Waals surface area (Å²) in [6, 6.07) is 32.9. The van der Waals surface area contributed by atoms with Crippen LogP contribution in [-0.2, 0) is 16.0 Å². The Labute approximate surface area is 218 Å². The van der Waals surface area contributed by atoms with Crippen LogP contribution in [0.15, 0.2) is 97.1 Å². The third-order valence-corrected chi connectivity index (χ3v) is 7.43. The quantitative estimate of drug-likeness (QED) is 0.213. The molecule has 186 valence electrons. The normalized spacial score (nSPS) is 13.5. The number of rotatable bonds is 8. The Morgan fingerprint density at radius 2 is 1.41 bits per heavy atom. The molecule has 4 nitrogen and oxygen atoms in total. The molecule has 0 aliphatic carbocycles. The van der Waals surface area contributed by atoms with Crippen molar-refractivity contribution in [2.75, 3.05) is 38.9 Å². The number of para-hydroxylation sites is 3. The van der Waals surface area contributed by atoms with Crippen molar-refractivity contribution in [2.24, 2.45) is 0 Å². The Morgan fingerprint density at radius 3 is 2.16 bits per heavy atom. The SMILES string of the molecule is COCCOCCn1c2ccccc2c2cc(C=CC3c4ccccc4N(C)c4ccccc43)ccc21. The summed E-state index contributed by atoms with van der Waals surface area (Å²) in [4.78, 5) is 2.30. The zero-order valence-corrected chi connectivity index (χ0v) is 21.4. The number of nitrogens with zero attached hydrogens (tertiary/aromatic N) is 2. The van der Waals surface area contributed by atoms with Gasteiger partial charge in [0.05, 0.1) is 19.8 Å². The number of anilines is 2. The van der Waals surface area contributed by atoms with Gasteiger partial charge in [0.2, 0.25) is 0 Å². The molecule has 5 aromatic rings. The van der Waals surface area contributed by atoms with E-state index >= 15 is 0 Å². The zero-order chi connectivity index (χ0) is 25.2. The van der Waals surface area contributed by atoms with Gasteiger partial charge >= 0.3 is 0 Å². The lowest BCUT2D eigenvalue weighted by atomic mass is 9.84. The number of allylic oxidation sites excluding steroid dienone is 1. The van der Waals surface area contributed by atoms with Crippen molar-refractivity contribution >= 4 is 39.3 Å². The molecule has 2 heterocycles. The standard InChI is InChI=1S/C33H32N2O2/c1-34-30-12-6-3-9-26(30)25(27-10-4-7-13-31(27)34)17-15-24-16-18-33-29(23-24)28-11-5-8-14-32(28)35(33)19-20-37-22-21-36-2/h3-18,23,25H,19-22H2,1-2H3. The molecule has 1 aliphatic rings. The number of hydrogen-bond acceptors (Lipinski definition) is 3. The Balaban J connectivity index is 1.36. The highest BCUT2D eigenvalue weighted by atomic mass is 16.5. The van der Waals surface area contributed by atoms with Gasteiger partial charge in [-0.2, -0.15) is 0 Å². The minimum Gasteiger partial charge on any atom is -0.382 e. The summed E-state index contributed by atoms with van der Waals surface area (Å²) in [5.41, 5.74) is 8.90. The van der Waals surface area contributed by atoms with E-state index in [9.17, 15) is 0 Å². The van der Waals surface area contributed by atoms with E-state index in [0.29, 0.717) is 19.8 Å². The van der Waals surface area contributed by atoms with Crippen LogP contribution in [0.4, 0.5) is 11.4 Å². The first-order chi connectivity index (χ1) is 18.3. The van der Waals surface area contributed by atoms with Crippen molar-refractivity contribution in [1.29, 1.82) is 0 Å². The molecule has 37 heavy (non-hydrogen) atoms. The van der Waals surface area contributed by atoms with Crippen LogP contribution < -0.4 is 4.90 Å². The second-order valence-corrected chi connectivity index (χ2v) is 9.56. The molecule has 0 fully saturated rings. The zero-order valence-electron chi connectivity index (χ0n) is 21.4. The molecule has 0 amide bonds. The monoisotopic (exact) mass is 488 g/mol. The second-order valence-electron chi connectivity index (χ2n) is 9.56. The number of ether oxygens (including phenoxy) is 2. The number of methoxy groups -OCH3 is 1. The van der Waals surface area contributed by atoms with Gasteiger partial charge in [0.1, 0.15) is 0 Å². The van der Waals surface area contributed by atoms with E-state index in [2.05, 4.69) is 120 Å². The van der Waals surface area contributed by atoms with Crippen LogP contribution in [0.3, 0.4) is 0 Å². The lowest BCUT2D eigenvalue weighted by Gasteiger charge is -2.34. The van der Waals surface area contributed by atoms with E-state index in [1.807, 2.05) is 0 Å². The van der Waals surface area contributed by atoms with E-state index in [-0.39, 0.29) is 5.92 Å². The van der Waals surface area contributed by atoms with Gasteiger partial charge in [-0.1, -0.05) is 72.8 Å². The molecule has 0 saturated carbocycles. The summed E-state index contributed by atoms with van der Waals surface area (Å²) in [6.07, 6.45) is 4.64. The predicted octanol–water partition coefficient (Wildman–Crippen LogP) is 7.38. The van der Waals surface area contributed by atoms with Crippen LogP contribution in [0, 0.1) is 0 Å². The number of fused-ring (bicyclic) bond motifs is 5. The van der Waals surface area contributed by atoms with Crippen LogP contribution >= 0.6 is 0 Å². The van der Waals surface area contributed by atoms with Crippen molar-refractivity contribution in [3.8, 4) is 0 Å². The topological polar surface area (TPSA) is 26.6 Å². The fourth-order valence-corrected chi connectivity index (χ4v) is 5.64. The molecule has 0 spiro atoms.